The van der Waals surface area contributed by atoms with Crippen molar-refractivity contribution < 1.29 is 4.39 Å². The molecular weight excluding hydrogens is 373 g/mol. The molecule has 0 saturated heterocycles. The average Bonchev–Trinajstić information content (AvgIpc) is 2.38. The molecule has 1 nitrogen and oxygen atoms in total. The highest BCUT2D eigenvalue weighted by Crippen LogP contribution is 2.29. The monoisotopic (exact) mass is 385 g/mol. The van der Waals surface area contributed by atoms with E-state index in [0.717, 1.165) is 20.1 Å². The fourth-order valence-electron chi connectivity index (χ4n) is 2.09. The summed E-state index contributed by atoms with van der Waals surface area (Å²) < 4.78 is 15.9. The van der Waals surface area contributed by atoms with Gasteiger partial charge in [0, 0.05) is 14.5 Å². The fraction of sp³-hybridized carbons (Fsp3) is 0.200. The largest absolute Gasteiger partial charge is 0.309 e. The van der Waals surface area contributed by atoms with Crippen LogP contribution in [0.4, 0.5) is 4.39 Å². The summed E-state index contributed by atoms with van der Waals surface area (Å²) in [5.74, 6) is -0.205. The van der Waals surface area contributed by atoms with Gasteiger partial charge in [-0.2, -0.15) is 0 Å². The zero-order chi connectivity index (χ0) is 14.0. The molecule has 1 unspecified atom stereocenters. The molecule has 19 heavy (non-hydrogen) atoms. The zero-order valence-corrected chi connectivity index (χ0v) is 13.8. The van der Waals surface area contributed by atoms with Crippen LogP contribution in [0.15, 0.2) is 45.3 Å². The van der Waals surface area contributed by atoms with E-state index in [1.165, 1.54) is 6.07 Å². The minimum absolute atomic E-state index is 0.163. The summed E-state index contributed by atoms with van der Waals surface area (Å²) >= 11 is 6.87. The number of nitrogens with one attached hydrogen (secondary N) is 1. The molecule has 0 aliphatic heterocycles. The first-order valence-electron chi connectivity index (χ1n) is 5.91. The second kappa shape index (κ2) is 6.16. The first-order chi connectivity index (χ1) is 9.02. The molecule has 0 heterocycles. The van der Waals surface area contributed by atoms with Gasteiger partial charge < -0.3 is 5.32 Å². The van der Waals surface area contributed by atoms with Crippen LogP contribution in [0, 0.1) is 12.7 Å². The number of rotatable bonds is 3. The summed E-state index contributed by atoms with van der Waals surface area (Å²) in [5, 5.41) is 3.17. The van der Waals surface area contributed by atoms with Crippen LogP contribution in [0.3, 0.4) is 0 Å². The molecule has 0 saturated carbocycles. The van der Waals surface area contributed by atoms with Crippen molar-refractivity contribution >= 4 is 31.9 Å². The molecule has 2 aromatic carbocycles. The first kappa shape index (κ1) is 14.7. The molecule has 1 atom stereocenters. The number of halogens is 3. The van der Waals surface area contributed by atoms with Gasteiger partial charge in [-0.05, 0) is 49.4 Å². The molecule has 0 aliphatic carbocycles. The van der Waals surface area contributed by atoms with E-state index in [9.17, 15) is 4.39 Å². The lowest BCUT2D eigenvalue weighted by atomic mass is 9.97. The Morgan fingerprint density at radius 2 is 1.84 bits per heavy atom. The molecule has 2 aromatic rings. The van der Waals surface area contributed by atoms with Gasteiger partial charge in [0.05, 0.1) is 6.04 Å². The van der Waals surface area contributed by atoms with Gasteiger partial charge in [-0.25, -0.2) is 4.39 Å². The molecule has 0 fully saturated rings. The van der Waals surface area contributed by atoms with Gasteiger partial charge in [0.2, 0.25) is 0 Å². The van der Waals surface area contributed by atoms with Crippen LogP contribution in [0.2, 0.25) is 0 Å². The van der Waals surface area contributed by atoms with E-state index in [4.69, 9.17) is 0 Å². The van der Waals surface area contributed by atoms with E-state index in [0.29, 0.717) is 5.56 Å². The highest BCUT2D eigenvalue weighted by molar-refractivity contribution is 9.10. The van der Waals surface area contributed by atoms with Crippen molar-refractivity contribution in [2.75, 3.05) is 7.05 Å². The topological polar surface area (TPSA) is 12.0 Å². The average molecular weight is 387 g/mol. The van der Waals surface area contributed by atoms with Crippen LogP contribution in [-0.2, 0) is 0 Å². The van der Waals surface area contributed by atoms with Gasteiger partial charge in [-0.15, -0.1) is 0 Å². The van der Waals surface area contributed by atoms with E-state index in [1.807, 2.05) is 32.2 Å². The maximum atomic E-state index is 14.0. The summed E-state index contributed by atoms with van der Waals surface area (Å²) in [6.07, 6.45) is 0. The minimum atomic E-state index is -0.205. The molecule has 0 radical (unpaired) electrons. The van der Waals surface area contributed by atoms with Crippen molar-refractivity contribution in [2.45, 2.75) is 13.0 Å². The van der Waals surface area contributed by atoms with E-state index < -0.39 is 0 Å². The number of hydrogen-bond donors (Lipinski definition) is 1. The summed E-state index contributed by atoms with van der Waals surface area (Å²) in [6, 6.07) is 10.9. The lowest BCUT2D eigenvalue weighted by molar-refractivity contribution is 0.575. The predicted molar refractivity (Wildman–Crippen MR) is 83.9 cm³/mol. The van der Waals surface area contributed by atoms with Gasteiger partial charge in [0.15, 0.2) is 0 Å². The molecular formula is C15H14Br2FN. The Morgan fingerprint density at radius 1 is 1.11 bits per heavy atom. The molecule has 0 spiro atoms. The maximum Gasteiger partial charge on any atom is 0.128 e. The second-order valence-electron chi connectivity index (χ2n) is 4.40. The van der Waals surface area contributed by atoms with E-state index in [2.05, 4.69) is 43.2 Å². The molecule has 0 bridgehead atoms. The predicted octanol–water partition coefficient (Wildman–Crippen LogP) is 4.97. The molecule has 1 N–H and O–H groups in total. The number of benzene rings is 2. The van der Waals surface area contributed by atoms with Crippen LogP contribution < -0.4 is 5.32 Å². The van der Waals surface area contributed by atoms with E-state index in [1.54, 1.807) is 6.07 Å². The summed E-state index contributed by atoms with van der Waals surface area (Å²) in [7, 11) is 1.84. The van der Waals surface area contributed by atoms with Crippen molar-refractivity contribution in [1.29, 1.82) is 0 Å². The minimum Gasteiger partial charge on any atom is -0.309 e. The van der Waals surface area contributed by atoms with Crippen molar-refractivity contribution in [3.05, 3.63) is 67.9 Å². The first-order valence-corrected chi connectivity index (χ1v) is 7.50. The van der Waals surface area contributed by atoms with Crippen LogP contribution >= 0.6 is 31.9 Å². The van der Waals surface area contributed by atoms with Crippen LogP contribution in [0.25, 0.3) is 0 Å². The second-order valence-corrected chi connectivity index (χ2v) is 6.17. The van der Waals surface area contributed by atoms with Crippen molar-refractivity contribution in [2.24, 2.45) is 0 Å². The molecule has 0 aromatic heterocycles. The van der Waals surface area contributed by atoms with E-state index in [-0.39, 0.29) is 11.9 Å². The van der Waals surface area contributed by atoms with Crippen molar-refractivity contribution in [3.8, 4) is 0 Å². The Bertz CT molecular complexity index is 599. The summed E-state index contributed by atoms with van der Waals surface area (Å²) in [4.78, 5) is 0. The smallest absolute Gasteiger partial charge is 0.128 e. The van der Waals surface area contributed by atoms with E-state index >= 15 is 0 Å². The Hall–Kier alpha value is -0.710. The molecule has 2 rings (SSSR count). The van der Waals surface area contributed by atoms with Crippen LogP contribution in [0.5, 0.6) is 0 Å². The SMILES string of the molecule is CNC(c1ccc(Br)c(C)c1)c1cc(Br)ccc1F. The highest BCUT2D eigenvalue weighted by atomic mass is 79.9. The number of hydrogen-bond acceptors (Lipinski definition) is 1. The lowest BCUT2D eigenvalue weighted by Gasteiger charge is -2.19. The van der Waals surface area contributed by atoms with Gasteiger partial charge >= 0.3 is 0 Å². The molecule has 0 aliphatic rings. The molecule has 4 heteroatoms. The lowest BCUT2D eigenvalue weighted by Crippen LogP contribution is -2.19. The third-order valence-corrected chi connectivity index (χ3v) is 4.46. The Morgan fingerprint density at radius 3 is 2.47 bits per heavy atom. The van der Waals surface area contributed by atoms with Crippen LogP contribution in [-0.4, -0.2) is 7.05 Å². The normalized spacial score (nSPS) is 12.5. The molecule has 0 amide bonds. The maximum absolute atomic E-state index is 14.0. The zero-order valence-electron chi connectivity index (χ0n) is 10.7. The van der Waals surface area contributed by atoms with Gasteiger partial charge in [-0.3, -0.25) is 0 Å². The fourth-order valence-corrected chi connectivity index (χ4v) is 2.71. The standard InChI is InChI=1S/C15H14Br2FN/c1-9-7-10(3-5-13(9)17)15(19-2)12-8-11(16)4-6-14(12)18/h3-8,15,19H,1-2H3. The summed E-state index contributed by atoms with van der Waals surface area (Å²) in [5.41, 5.74) is 2.81. The Balaban J connectivity index is 2.49. The molecule has 100 valence electrons. The summed E-state index contributed by atoms with van der Waals surface area (Å²) in [6.45, 7) is 2.03. The van der Waals surface area contributed by atoms with Gasteiger partial charge in [-0.1, -0.05) is 44.0 Å². The third-order valence-electron chi connectivity index (χ3n) is 3.07. The highest BCUT2D eigenvalue weighted by Gasteiger charge is 2.17. The van der Waals surface area contributed by atoms with Crippen molar-refractivity contribution in [3.63, 3.8) is 0 Å². The van der Waals surface area contributed by atoms with Gasteiger partial charge in [0.25, 0.3) is 0 Å². The number of aryl methyl sites for hydroxylation is 1. The third kappa shape index (κ3) is 3.25. The quantitative estimate of drug-likeness (QED) is 0.785. The Labute approximate surface area is 129 Å². The van der Waals surface area contributed by atoms with Crippen molar-refractivity contribution in [1.82, 2.24) is 5.32 Å². The van der Waals surface area contributed by atoms with Gasteiger partial charge in [0.1, 0.15) is 5.82 Å². The van der Waals surface area contributed by atoms with Crippen LogP contribution in [0.1, 0.15) is 22.7 Å². The Kier molecular flexibility index (Phi) is 4.76.